The molecule has 1 aliphatic heterocycles. The van der Waals surface area contributed by atoms with Crippen molar-refractivity contribution in [2.45, 2.75) is 18.2 Å². The van der Waals surface area contributed by atoms with Gasteiger partial charge in [0.05, 0.1) is 11.1 Å². The van der Waals surface area contributed by atoms with Crippen molar-refractivity contribution in [2.24, 2.45) is 0 Å². The summed E-state index contributed by atoms with van der Waals surface area (Å²) in [4.78, 5) is 22.5. The number of fused-ring (bicyclic) bond motifs is 1. The molecule has 0 saturated carbocycles. The van der Waals surface area contributed by atoms with E-state index in [1.54, 1.807) is 6.92 Å². The number of carbonyl (C=O) groups excluding carboxylic acids is 1. The summed E-state index contributed by atoms with van der Waals surface area (Å²) in [6.45, 7) is 1.85. The van der Waals surface area contributed by atoms with E-state index in [4.69, 9.17) is 5.11 Å². The van der Waals surface area contributed by atoms with E-state index in [0.29, 0.717) is 6.42 Å². The molecule has 96 valence electrons. The lowest BCUT2D eigenvalue weighted by Crippen LogP contribution is -2.30. The lowest BCUT2D eigenvalue weighted by atomic mass is 10.1. The van der Waals surface area contributed by atoms with Crippen molar-refractivity contribution in [1.29, 1.82) is 0 Å². The Bertz CT molecular complexity index is 635. The third-order valence-corrected chi connectivity index (χ3v) is 4.50. The molecule has 7 heteroatoms. The van der Waals surface area contributed by atoms with Crippen LogP contribution in [-0.2, 0) is 10.0 Å². The van der Waals surface area contributed by atoms with E-state index < -0.39 is 21.9 Å². The summed E-state index contributed by atoms with van der Waals surface area (Å²) in [5, 5.41) is 8.83. The number of hydrogen-bond donors (Lipinski definition) is 1. The molecule has 0 atom stereocenters. The highest BCUT2D eigenvalue weighted by Crippen LogP contribution is 2.31. The van der Waals surface area contributed by atoms with Crippen LogP contribution < -0.4 is 0 Å². The molecule has 1 aliphatic rings. The third kappa shape index (κ3) is 1.67. The Morgan fingerprint density at radius 2 is 2.06 bits per heavy atom. The summed E-state index contributed by atoms with van der Waals surface area (Å²) in [5.74, 6) is -1.82. The number of carbonyl (C=O) groups is 2. The molecular weight excluding hydrogens is 258 g/mol. The van der Waals surface area contributed by atoms with Crippen LogP contribution in [0.3, 0.4) is 0 Å². The Labute approximate surface area is 104 Å². The second-order valence-corrected chi connectivity index (χ2v) is 5.73. The summed E-state index contributed by atoms with van der Waals surface area (Å²) >= 11 is 0. The van der Waals surface area contributed by atoms with E-state index >= 15 is 0 Å². The second-order valence-electron chi connectivity index (χ2n) is 3.90. The van der Waals surface area contributed by atoms with Gasteiger partial charge in [0.25, 0.3) is 15.9 Å². The van der Waals surface area contributed by atoms with Gasteiger partial charge in [-0.15, -0.1) is 0 Å². The first kappa shape index (κ1) is 12.6. The van der Waals surface area contributed by atoms with Gasteiger partial charge in [0, 0.05) is 6.54 Å². The van der Waals surface area contributed by atoms with Gasteiger partial charge in [-0.3, -0.25) is 4.79 Å². The number of rotatable bonds is 3. The number of hydrogen-bond acceptors (Lipinski definition) is 4. The Morgan fingerprint density at radius 1 is 1.39 bits per heavy atom. The molecule has 0 bridgehead atoms. The van der Waals surface area contributed by atoms with E-state index in [9.17, 15) is 18.0 Å². The maximum Gasteiger partial charge on any atom is 0.335 e. The lowest BCUT2D eigenvalue weighted by Gasteiger charge is -2.12. The van der Waals surface area contributed by atoms with Crippen LogP contribution in [0.1, 0.15) is 34.1 Å². The predicted molar refractivity (Wildman–Crippen MR) is 61.9 cm³/mol. The summed E-state index contributed by atoms with van der Waals surface area (Å²) < 4.78 is 24.9. The van der Waals surface area contributed by atoms with Gasteiger partial charge < -0.3 is 5.11 Å². The summed E-state index contributed by atoms with van der Waals surface area (Å²) in [7, 11) is -3.89. The molecule has 0 spiro atoms. The quantitative estimate of drug-likeness (QED) is 0.881. The van der Waals surface area contributed by atoms with E-state index in [1.807, 2.05) is 0 Å². The zero-order valence-corrected chi connectivity index (χ0v) is 10.4. The van der Waals surface area contributed by atoms with Crippen molar-refractivity contribution in [3.63, 3.8) is 0 Å². The van der Waals surface area contributed by atoms with E-state index in [1.165, 1.54) is 12.1 Å². The minimum Gasteiger partial charge on any atom is -0.478 e. The maximum absolute atomic E-state index is 12.1. The molecule has 1 N–H and O–H groups in total. The highest BCUT2D eigenvalue weighted by molar-refractivity contribution is 7.90. The molecule has 0 radical (unpaired) electrons. The highest BCUT2D eigenvalue weighted by atomic mass is 32.2. The Kier molecular flexibility index (Phi) is 2.86. The predicted octanol–water partition coefficient (Wildman–Crippen LogP) is 0.939. The van der Waals surface area contributed by atoms with Gasteiger partial charge in [-0.2, -0.15) is 0 Å². The van der Waals surface area contributed by atoms with Gasteiger partial charge in [0.15, 0.2) is 0 Å². The normalized spacial score (nSPS) is 16.7. The molecule has 2 rings (SSSR count). The van der Waals surface area contributed by atoms with Crippen LogP contribution in [0.25, 0.3) is 0 Å². The number of carboxylic acids is 1. The molecular formula is C11H11NO5S. The molecule has 1 aromatic carbocycles. The van der Waals surface area contributed by atoms with E-state index in [0.717, 1.165) is 10.4 Å². The fourth-order valence-electron chi connectivity index (χ4n) is 1.83. The standard InChI is InChI=1S/C11H11NO5S/c1-2-5-12-10(13)8-4-3-7(11(14)15)6-9(8)18(12,16)17/h3-4,6H,2,5H2,1H3,(H,14,15). The van der Waals surface area contributed by atoms with Gasteiger partial charge in [-0.05, 0) is 24.6 Å². The van der Waals surface area contributed by atoms with Crippen molar-refractivity contribution in [3.8, 4) is 0 Å². The first-order valence-corrected chi connectivity index (χ1v) is 6.78. The highest BCUT2D eigenvalue weighted by Gasteiger charge is 2.40. The van der Waals surface area contributed by atoms with Crippen LogP contribution in [0.5, 0.6) is 0 Å². The molecule has 6 nitrogen and oxygen atoms in total. The van der Waals surface area contributed by atoms with Gasteiger partial charge in [0.2, 0.25) is 0 Å². The summed E-state index contributed by atoms with van der Waals surface area (Å²) in [5.41, 5.74) is -0.114. The number of sulfonamides is 1. The van der Waals surface area contributed by atoms with Gasteiger partial charge in [-0.25, -0.2) is 17.5 Å². The van der Waals surface area contributed by atoms with Gasteiger partial charge >= 0.3 is 5.97 Å². The largest absolute Gasteiger partial charge is 0.478 e. The van der Waals surface area contributed by atoms with Crippen LogP contribution in [0, 0.1) is 0 Å². The zero-order valence-electron chi connectivity index (χ0n) is 9.58. The topological polar surface area (TPSA) is 91.8 Å². The van der Waals surface area contributed by atoms with Crippen molar-refractivity contribution < 1.29 is 23.1 Å². The number of benzene rings is 1. The summed E-state index contributed by atoms with van der Waals surface area (Å²) in [6, 6.07) is 3.50. The first-order chi connectivity index (χ1) is 8.39. The van der Waals surface area contributed by atoms with Crippen LogP contribution in [-0.4, -0.2) is 36.3 Å². The van der Waals surface area contributed by atoms with Crippen molar-refractivity contribution in [3.05, 3.63) is 29.3 Å². The zero-order chi connectivity index (χ0) is 13.5. The van der Waals surface area contributed by atoms with Gasteiger partial charge in [0.1, 0.15) is 4.90 Å². The average molecular weight is 269 g/mol. The van der Waals surface area contributed by atoms with E-state index in [2.05, 4.69) is 0 Å². The number of nitrogens with zero attached hydrogens (tertiary/aromatic N) is 1. The van der Waals surface area contributed by atoms with Crippen LogP contribution in [0.15, 0.2) is 23.1 Å². The second kappa shape index (κ2) is 4.09. The van der Waals surface area contributed by atoms with Crippen molar-refractivity contribution in [1.82, 2.24) is 4.31 Å². The molecule has 1 aromatic rings. The lowest BCUT2D eigenvalue weighted by molar-refractivity contribution is 0.0695. The van der Waals surface area contributed by atoms with Gasteiger partial charge in [-0.1, -0.05) is 6.92 Å². The monoisotopic (exact) mass is 269 g/mol. The third-order valence-electron chi connectivity index (χ3n) is 2.68. The van der Waals surface area contributed by atoms with Crippen molar-refractivity contribution >= 4 is 21.9 Å². The molecule has 1 heterocycles. The van der Waals surface area contributed by atoms with Crippen molar-refractivity contribution in [2.75, 3.05) is 6.54 Å². The molecule has 1 amide bonds. The average Bonchev–Trinajstić information content (AvgIpc) is 2.51. The first-order valence-electron chi connectivity index (χ1n) is 5.34. The molecule has 0 aromatic heterocycles. The Hall–Kier alpha value is -1.89. The molecule has 18 heavy (non-hydrogen) atoms. The minimum atomic E-state index is -3.89. The SMILES string of the molecule is CCCN1C(=O)c2ccc(C(=O)O)cc2S1(=O)=O. The molecule has 0 saturated heterocycles. The van der Waals surface area contributed by atoms with Crippen LogP contribution in [0.2, 0.25) is 0 Å². The van der Waals surface area contributed by atoms with E-state index in [-0.39, 0.29) is 22.6 Å². The Morgan fingerprint density at radius 3 is 2.61 bits per heavy atom. The maximum atomic E-state index is 12.1. The number of aromatic carboxylic acids is 1. The summed E-state index contributed by atoms with van der Waals surface area (Å²) in [6.07, 6.45) is 0.505. The number of carboxylic acid groups (broad SMARTS) is 1. The fourth-order valence-corrected chi connectivity index (χ4v) is 3.52. The van der Waals surface area contributed by atoms with Crippen LogP contribution >= 0.6 is 0 Å². The number of amides is 1. The fraction of sp³-hybridized carbons (Fsp3) is 0.273. The molecule has 0 aliphatic carbocycles. The van der Waals surface area contributed by atoms with Crippen LogP contribution in [0.4, 0.5) is 0 Å². The molecule has 0 fully saturated rings. The smallest absolute Gasteiger partial charge is 0.335 e. The molecule has 0 unspecified atom stereocenters. The Balaban J connectivity index is 2.62. The minimum absolute atomic E-state index is 0.0356.